The maximum atomic E-state index is 13.7. The molecular formula is C13H12ClFN2O4S2. The molecule has 0 aliphatic heterocycles. The van der Waals surface area contributed by atoms with Gasteiger partial charge in [-0.2, -0.15) is 0 Å². The number of anilines is 1. The highest BCUT2D eigenvalue weighted by molar-refractivity contribution is 7.92. The van der Waals surface area contributed by atoms with E-state index in [0.717, 1.165) is 30.3 Å². The first-order valence-electron chi connectivity index (χ1n) is 6.17. The molecule has 0 radical (unpaired) electrons. The van der Waals surface area contributed by atoms with Crippen molar-refractivity contribution >= 4 is 37.3 Å². The Hall–Kier alpha value is -1.68. The Labute approximate surface area is 138 Å². The van der Waals surface area contributed by atoms with Crippen LogP contribution in [-0.4, -0.2) is 23.9 Å². The lowest BCUT2D eigenvalue weighted by Gasteiger charge is -2.10. The van der Waals surface area contributed by atoms with E-state index in [-0.39, 0.29) is 20.5 Å². The molecule has 0 amide bonds. The second-order valence-electron chi connectivity index (χ2n) is 4.41. The Balaban J connectivity index is 2.33. The Morgan fingerprint density at radius 2 is 1.43 bits per heavy atom. The summed E-state index contributed by atoms with van der Waals surface area (Å²) in [6.07, 6.45) is 0. The van der Waals surface area contributed by atoms with Gasteiger partial charge >= 0.3 is 0 Å². The molecule has 2 N–H and O–H groups in total. The molecule has 2 aromatic rings. The zero-order valence-electron chi connectivity index (χ0n) is 11.7. The molecule has 0 unspecified atom stereocenters. The molecule has 0 bridgehead atoms. The normalized spacial score (nSPS) is 12.1. The predicted molar refractivity (Wildman–Crippen MR) is 84.9 cm³/mol. The Kier molecular flexibility index (Phi) is 4.95. The van der Waals surface area contributed by atoms with Gasteiger partial charge in [0.25, 0.3) is 10.0 Å². The van der Waals surface area contributed by atoms with Crippen LogP contribution in [0.4, 0.5) is 10.1 Å². The molecule has 23 heavy (non-hydrogen) atoms. The van der Waals surface area contributed by atoms with Gasteiger partial charge in [-0.1, -0.05) is 11.6 Å². The molecule has 0 aliphatic carbocycles. The molecule has 0 fully saturated rings. The van der Waals surface area contributed by atoms with E-state index in [1.165, 1.54) is 19.2 Å². The van der Waals surface area contributed by atoms with Crippen molar-refractivity contribution in [3.05, 3.63) is 53.3 Å². The number of sulfonamides is 2. The van der Waals surface area contributed by atoms with Crippen molar-refractivity contribution < 1.29 is 21.2 Å². The zero-order valence-corrected chi connectivity index (χ0v) is 14.1. The van der Waals surface area contributed by atoms with Gasteiger partial charge in [0.2, 0.25) is 10.0 Å². The van der Waals surface area contributed by atoms with Crippen molar-refractivity contribution in [2.75, 3.05) is 11.8 Å². The first-order chi connectivity index (χ1) is 10.7. The minimum atomic E-state index is -4.07. The maximum Gasteiger partial charge on any atom is 0.261 e. The highest BCUT2D eigenvalue weighted by Gasteiger charge is 2.18. The molecule has 0 heterocycles. The number of nitrogens with one attached hydrogen (secondary N) is 2. The Morgan fingerprint density at radius 1 is 0.913 bits per heavy atom. The Bertz CT molecular complexity index is 929. The summed E-state index contributed by atoms with van der Waals surface area (Å²) in [5.41, 5.74) is -0.263. The SMILES string of the molecule is CNS(=O)(=O)c1ccc(S(=O)(=O)Nc2ccc(Cl)cc2F)cc1. The molecule has 10 heteroatoms. The molecule has 0 aliphatic rings. The number of hydrogen-bond donors (Lipinski definition) is 2. The number of hydrogen-bond acceptors (Lipinski definition) is 4. The first kappa shape index (κ1) is 17.7. The van der Waals surface area contributed by atoms with Crippen LogP contribution >= 0.6 is 11.6 Å². The largest absolute Gasteiger partial charge is 0.277 e. The monoisotopic (exact) mass is 378 g/mol. The average molecular weight is 379 g/mol. The van der Waals surface area contributed by atoms with Gasteiger partial charge in [0, 0.05) is 5.02 Å². The van der Waals surface area contributed by atoms with Gasteiger partial charge in [-0.05, 0) is 49.5 Å². The van der Waals surface area contributed by atoms with Gasteiger partial charge < -0.3 is 0 Å². The van der Waals surface area contributed by atoms with E-state index in [2.05, 4.69) is 9.44 Å². The topological polar surface area (TPSA) is 92.3 Å². The Morgan fingerprint density at radius 3 is 1.91 bits per heavy atom. The third-order valence-electron chi connectivity index (χ3n) is 2.89. The number of halogens is 2. The van der Waals surface area contributed by atoms with Crippen molar-refractivity contribution in [2.24, 2.45) is 0 Å². The summed E-state index contributed by atoms with van der Waals surface area (Å²) >= 11 is 5.60. The van der Waals surface area contributed by atoms with Crippen LogP contribution in [0.15, 0.2) is 52.3 Å². The highest BCUT2D eigenvalue weighted by atomic mass is 35.5. The maximum absolute atomic E-state index is 13.7. The quantitative estimate of drug-likeness (QED) is 0.834. The van der Waals surface area contributed by atoms with Crippen LogP contribution < -0.4 is 9.44 Å². The molecule has 0 atom stereocenters. The summed E-state index contributed by atoms with van der Waals surface area (Å²) in [7, 11) is -6.50. The van der Waals surface area contributed by atoms with Crippen LogP contribution in [0.3, 0.4) is 0 Å². The van der Waals surface area contributed by atoms with Crippen LogP contribution in [0.2, 0.25) is 5.02 Å². The molecule has 2 aromatic carbocycles. The smallest absolute Gasteiger partial charge is 0.261 e. The molecule has 0 saturated heterocycles. The molecule has 0 spiro atoms. The first-order valence-corrected chi connectivity index (χ1v) is 9.51. The van der Waals surface area contributed by atoms with E-state index in [4.69, 9.17) is 11.6 Å². The number of rotatable bonds is 5. The van der Waals surface area contributed by atoms with Crippen molar-refractivity contribution in [1.82, 2.24) is 4.72 Å². The minimum absolute atomic E-state index is 0.0865. The van der Waals surface area contributed by atoms with Crippen molar-refractivity contribution in [2.45, 2.75) is 9.79 Å². The summed E-state index contributed by atoms with van der Waals surface area (Å²) in [6.45, 7) is 0. The lowest BCUT2D eigenvalue weighted by atomic mass is 10.3. The van der Waals surface area contributed by atoms with E-state index in [9.17, 15) is 21.2 Å². The predicted octanol–water partition coefficient (Wildman–Crippen LogP) is 2.19. The van der Waals surface area contributed by atoms with Crippen molar-refractivity contribution in [1.29, 1.82) is 0 Å². The molecule has 0 aromatic heterocycles. The fourth-order valence-corrected chi connectivity index (χ4v) is 3.65. The van der Waals surface area contributed by atoms with Crippen LogP contribution in [0.25, 0.3) is 0 Å². The average Bonchev–Trinajstić information content (AvgIpc) is 2.50. The van der Waals surface area contributed by atoms with E-state index in [0.29, 0.717) is 0 Å². The lowest BCUT2D eigenvalue weighted by Crippen LogP contribution is -2.19. The lowest BCUT2D eigenvalue weighted by molar-refractivity contribution is 0.587. The molecule has 2 rings (SSSR count). The summed E-state index contributed by atoms with van der Waals surface area (Å²) in [6, 6.07) is 8.00. The van der Waals surface area contributed by atoms with Crippen LogP contribution in [0.5, 0.6) is 0 Å². The fourth-order valence-electron chi connectivity index (χ4n) is 1.69. The second kappa shape index (κ2) is 6.44. The van der Waals surface area contributed by atoms with Crippen molar-refractivity contribution in [3.63, 3.8) is 0 Å². The molecule has 0 saturated carbocycles. The van der Waals surface area contributed by atoms with Gasteiger partial charge in [-0.25, -0.2) is 25.9 Å². The van der Waals surface area contributed by atoms with Crippen LogP contribution in [-0.2, 0) is 20.0 Å². The zero-order chi connectivity index (χ0) is 17.3. The summed E-state index contributed by atoms with van der Waals surface area (Å²) < 4.78 is 65.4. The highest BCUT2D eigenvalue weighted by Crippen LogP contribution is 2.22. The van der Waals surface area contributed by atoms with Crippen molar-refractivity contribution in [3.8, 4) is 0 Å². The molecule has 6 nitrogen and oxygen atoms in total. The number of benzene rings is 2. The van der Waals surface area contributed by atoms with Crippen LogP contribution in [0, 0.1) is 5.82 Å². The van der Waals surface area contributed by atoms with E-state index in [1.807, 2.05) is 0 Å². The minimum Gasteiger partial charge on any atom is -0.277 e. The fraction of sp³-hybridized carbons (Fsp3) is 0.0769. The third kappa shape index (κ3) is 3.99. The second-order valence-corrected chi connectivity index (χ2v) is 8.41. The van der Waals surface area contributed by atoms with Gasteiger partial charge in [-0.15, -0.1) is 0 Å². The van der Waals surface area contributed by atoms with Crippen LogP contribution in [0.1, 0.15) is 0 Å². The van der Waals surface area contributed by atoms with Gasteiger partial charge in [-0.3, -0.25) is 4.72 Å². The molecule has 124 valence electrons. The van der Waals surface area contributed by atoms with Gasteiger partial charge in [0.15, 0.2) is 0 Å². The third-order valence-corrected chi connectivity index (χ3v) is 5.94. The van der Waals surface area contributed by atoms with Gasteiger partial charge in [0.05, 0.1) is 15.5 Å². The van der Waals surface area contributed by atoms with Gasteiger partial charge in [0.1, 0.15) is 5.82 Å². The van der Waals surface area contributed by atoms with E-state index >= 15 is 0 Å². The standard InChI is InChI=1S/C13H12ClFN2O4S2/c1-16-22(18,19)10-3-5-11(6-4-10)23(20,21)17-13-7-2-9(14)8-12(13)15/h2-8,16-17H,1H3. The summed E-state index contributed by atoms with van der Waals surface area (Å²) in [4.78, 5) is -0.293. The summed E-state index contributed by atoms with van der Waals surface area (Å²) in [5, 5.41) is 0.132. The summed E-state index contributed by atoms with van der Waals surface area (Å²) in [5.74, 6) is -0.824. The van der Waals surface area contributed by atoms with E-state index < -0.39 is 25.9 Å². The van der Waals surface area contributed by atoms with E-state index in [1.54, 1.807) is 0 Å². The molecular weight excluding hydrogens is 367 g/mol.